The van der Waals surface area contributed by atoms with Crippen LogP contribution in [0.25, 0.3) is 0 Å². The first-order chi connectivity index (χ1) is 14.8. The Hall–Kier alpha value is -3.52. The maximum Gasteiger partial charge on any atom is 0.255 e. The van der Waals surface area contributed by atoms with Gasteiger partial charge in [0.15, 0.2) is 21.3 Å². The van der Waals surface area contributed by atoms with Gasteiger partial charge < -0.3 is 19.5 Å². The molecule has 0 radical (unpaired) electrons. The van der Waals surface area contributed by atoms with Crippen molar-refractivity contribution in [2.24, 2.45) is 0 Å². The van der Waals surface area contributed by atoms with Gasteiger partial charge >= 0.3 is 0 Å². The van der Waals surface area contributed by atoms with Gasteiger partial charge in [-0.25, -0.2) is 8.42 Å². The molecule has 0 saturated heterocycles. The summed E-state index contributed by atoms with van der Waals surface area (Å²) in [6.07, 6.45) is 1.13. The summed E-state index contributed by atoms with van der Waals surface area (Å²) >= 11 is 0. The monoisotopic (exact) mass is 439 g/mol. The van der Waals surface area contributed by atoms with Crippen LogP contribution in [0.15, 0.2) is 65.6 Å². The van der Waals surface area contributed by atoms with Crippen LogP contribution in [-0.4, -0.2) is 27.4 Å². The van der Waals surface area contributed by atoms with E-state index in [0.29, 0.717) is 35.1 Å². The summed E-state index contributed by atoms with van der Waals surface area (Å²) in [5.41, 5.74) is 2.31. The van der Waals surface area contributed by atoms with E-state index in [1.165, 1.54) is 6.07 Å². The minimum absolute atomic E-state index is 0.144. The van der Waals surface area contributed by atoms with Crippen LogP contribution in [0.4, 0.5) is 5.69 Å². The molecule has 8 heteroatoms. The van der Waals surface area contributed by atoms with Crippen LogP contribution in [0.5, 0.6) is 17.2 Å². The highest BCUT2D eigenvalue weighted by Crippen LogP contribution is 2.35. The number of amides is 1. The van der Waals surface area contributed by atoms with Crippen molar-refractivity contribution in [1.82, 2.24) is 0 Å². The average Bonchev–Trinajstić information content (AvgIpc) is 3.20. The van der Waals surface area contributed by atoms with Crippen LogP contribution in [0.2, 0.25) is 0 Å². The Morgan fingerprint density at radius 3 is 2.65 bits per heavy atom. The van der Waals surface area contributed by atoms with E-state index >= 15 is 0 Å². The van der Waals surface area contributed by atoms with Crippen molar-refractivity contribution in [3.63, 3.8) is 0 Å². The Morgan fingerprint density at radius 2 is 1.84 bits per heavy atom. The van der Waals surface area contributed by atoms with E-state index in [1.54, 1.807) is 49.4 Å². The Bertz CT molecular complexity index is 1250. The molecule has 1 amide bonds. The van der Waals surface area contributed by atoms with E-state index in [-0.39, 0.29) is 17.3 Å². The van der Waals surface area contributed by atoms with Crippen LogP contribution in [-0.2, 0) is 16.4 Å². The number of ether oxygens (including phenoxy) is 3. The van der Waals surface area contributed by atoms with Crippen molar-refractivity contribution in [3.8, 4) is 17.2 Å². The van der Waals surface area contributed by atoms with Gasteiger partial charge in [-0.05, 0) is 54.4 Å². The first-order valence-corrected chi connectivity index (χ1v) is 11.4. The van der Waals surface area contributed by atoms with Gasteiger partial charge in [-0.1, -0.05) is 18.2 Å². The lowest BCUT2D eigenvalue weighted by atomic mass is 10.1. The summed E-state index contributed by atoms with van der Waals surface area (Å²) in [7, 11) is -3.42. The third kappa shape index (κ3) is 4.80. The topological polar surface area (TPSA) is 90.9 Å². The number of hydrogen-bond donors (Lipinski definition) is 1. The lowest BCUT2D eigenvalue weighted by Gasteiger charge is -2.11. The number of benzene rings is 3. The summed E-state index contributed by atoms with van der Waals surface area (Å²) < 4.78 is 40.3. The third-order valence-electron chi connectivity index (χ3n) is 4.78. The molecule has 1 aliphatic rings. The van der Waals surface area contributed by atoms with E-state index in [9.17, 15) is 13.2 Å². The molecule has 0 aliphatic carbocycles. The zero-order chi connectivity index (χ0) is 22.0. The smallest absolute Gasteiger partial charge is 0.255 e. The molecule has 160 valence electrons. The minimum atomic E-state index is -3.42. The Kier molecular flexibility index (Phi) is 5.56. The lowest BCUT2D eigenvalue weighted by molar-refractivity contribution is 0.102. The standard InChI is InChI=1S/C23H21NO6S/c1-15-6-7-17(11-22(15)31(2,26)27)23(25)24-18-5-3-4-16(10-18)13-28-19-8-9-20-21(12-19)30-14-29-20/h3-12H,13-14H2,1-2H3,(H,24,25). The van der Waals surface area contributed by atoms with Gasteiger partial charge in [0.1, 0.15) is 12.4 Å². The summed E-state index contributed by atoms with van der Waals surface area (Å²) in [6, 6.07) is 17.2. The lowest BCUT2D eigenvalue weighted by Crippen LogP contribution is -2.13. The zero-order valence-electron chi connectivity index (χ0n) is 17.0. The Morgan fingerprint density at radius 1 is 1.03 bits per heavy atom. The quantitative estimate of drug-likeness (QED) is 0.625. The fraction of sp³-hybridized carbons (Fsp3) is 0.174. The summed E-state index contributed by atoms with van der Waals surface area (Å²) in [5.74, 6) is 1.59. The highest BCUT2D eigenvalue weighted by atomic mass is 32.2. The van der Waals surface area contributed by atoms with Crippen LogP contribution in [0.1, 0.15) is 21.5 Å². The molecule has 0 unspecified atom stereocenters. The normalized spacial score (nSPS) is 12.5. The molecule has 1 heterocycles. The Balaban J connectivity index is 1.44. The SMILES string of the molecule is Cc1ccc(C(=O)Nc2cccc(COc3ccc4c(c3)OCO4)c2)cc1S(C)(=O)=O. The predicted molar refractivity (Wildman–Crippen MR) is 116 cm³/mol. The molecule has 3 aromatic carbocycles. The van der Waals surface area contributed by atoms with Gasteiger partial charge in [-0.3, -0.25) is 4.79 Å². The molecule has 1 aliphatic heterocycles. The van der Waals surface area contributed by atoms with Gasteiger partial charge in [0, 0.05) is 23.6 Å². The summed E-state index contributed by atoms with van der Waals surface area (Å²) in [6.45, 7) is 2.20. The molecule has 0 bridgehead atoms. The molecule has 3 aromatic rings. The third-order valence-corrected chi connectivity index (χ3v) is 6.02. The van der Waals surface area contributed by atoms with Crippen LogP contribution in [0.3, 0.4) is 0 Å². The second-order valence-electron chi connectivity index (χ2n) is 7.21. The second-order valence-corrected chi connectivity index (χ2v) is 9.19. The minimum Gasteiger partial charge on any atom is -0.489 e. The first-order valence-electron chi connectivity index (χ1n) is 9.53. The van der Waals surface area contributed by atoms with E-state index in [4.69, 9.17) is 14.2 Å². The molecular formula is C23H21NO6S. The van der Waals surface area contributed by atoms with Gasteiger partial charge in [-0.15, -0.1) is 0 Å². The number of sulfone groups is 1. The van der Waals surface area contributed by atoms with Crippen molar-refractivity contribution in [2.45, 2.75) is 18.4 Å². The predicted octanol–water partition coefficient (Wildman–Crippen LogP) is 3.96. The van der Waals surface area contributed by atoms with E-state index in [2.05, 4.69) is 5.32 Å². The summed E-state index contributed by atoms with van der Waals surface area (Å²) in [4.78, 5) is 12.8. The highest BCUT2D eigenvalue weighted by molar-refractivity contribution is 7.90. The maximum atomic E-state index is 12.6. The summed E-state index contributed by atoms with van der Waals surface area (Å²) in [5, 5.41) is 2.80. The number of aryl methyl sites for hydroxylation is 1. The molecule has 7 nitrogen and oxygen atoms in total. The van der Waals surface area contributed by atoms with Gasteiger partial charge in [0.25, 0.3) is 5.91 Å². The number of fused-ring (bicyclic) bond motifs is 1. The number of carbonyl (C=O) groups excluding carboxylic acids is 1. The van der Waals surface area contributed by atoms with Gasteiger partial charge in [0.2, 0.25) is 6.79 Å². The fourth-order valence-corrected chi connectivity index (χ4v) is 4.21. The number of rotatable bonds is 6. The molecule has 0 atom stereocenters. The highest BCUT2D eigenvalue weighted by Gasteiger charge is 2.16. The number of nitrogens with one attached hydrogen (secondary N) is 1. The molecule has 0 spiro atoms. The van der Waals surface area contributed by atoms with Crippen molar-refractivity contribution in [1.29, 1.82) is 0 Å². The molecule has 0 saturated carbocycles. The van der Waals surface area contributed by atoms with Gasteiger partial charge in [0.05, 0.1) is 4.90 Å². The second kappa shape index (κ2) is 8.31. The average molecular weight is 439 g/mol. The van der Waals surface area contributed by atoms with Crippen molar-refractivity contribution >= 4 is 21.4 Å². The van der Waals surface area contributed by atoms with E-state index in [0.717, 1.165) is 11.8 Å². The maximum absolute atomic E-state index is 12.6. The fourth-order valence-electron chi connectivity index (χ4n) is 3.22. The van der Waals surface area contributed by atoms with E-state index in [1.807, 2.05) is 12.1 Å². The van der Waals surface area contributed by atoms with Crippen molar-refractivity contribution in [3.05, 3.63) is 77.4 Å². The molecule has 0 fully saturated rings. The van der Waals surface area contributed by atoms with Crippen molar-refractivity contribution in [2.75, 3.05) is 18.4 Å². The van der Waals surface area contributed by atoms with Crippen LogP contribution >= 0.6 is 0 Å². The molecule has 0 aromatic heterocycles. The zero-order valence-corrected chi connectivity index (χ0v) is 17.9. The molecule has 31 heavy (non-hydrogen) atoms. The largest absolute Gasteiger partial charge is 0.489 e. The number of carbonyl (C=O) groups is 1. The molecular weight excluding hydrogens is 418 g/mol. The number of hydrogen-bond acceptors (Lipinski definition) is 6. The van der Waals surface area contributed by atoms with Crippen LogP contribution < -0.4 is 19.5 Å². The van der Waals surface area contributed by atoms with Crippen molar-refractivity contribution < 1.29 is 27.4 Å². The Labute approximate surface area is 180 Å². The van der Waals surface area contributed by atoms with Gasteiger partial charge in [-0.2, -0.15) is 0 Å². The van der Waals surface area contributed by atoms with E-state index < -0.39 is 15.7 Å². The van der Waals surface area contributed by atoms with Crippen LogP contribution in [0, 0.1) is 6.92 Å². The molecule has 4 rings (SSSR count). The molecule has 1 N–H and O–H groups in total. The first kappa shape index (κ1) is 20.7. The number of anilines is 1.